The number of aromatic nitrogens is 2. The molecular formula is C14H12F3N3O3S. The fraction of sp³-hybridized carbons (Fsp3) is 0.214. The van der Waals surface area contributed by atoms with Crippen molar-refractivity contribution in [2.45, 2.75) is 6.18 Å². The van der Waals surface area contributed by atoms with E-state index in [0.717, 1.165) is 0 Å². The molecule has 1 aromatic carbocycles. The average Bonchev–Trinajstić information content (AvgIpc) is 2.96. The summed E-state index contributed by atoms with van der Waals surface area (Å²) in [6.45, 7) is 3.44. The second kappa shape index (κ2) is 6.56. The number of nitrogens with zero attached hydrogens (tertiary/aromatic N) is 3. The Kier molecular flexibility index (Phi) is 4.88. The Morgan fingerprint density at radius 2 is 2.00 bits per heavy atom. The molecule has 0 bridgehead atoms. The van der Waals surface area contributed by atoms with Gasteiger partial charge < -0.3 is 4.52 Å². The Hall–Kier alpha value is -2.49. The van der Waals surface area contributed by atoms with E-state index in [9.17, 15) is 22.2 Å². The van der Waals surface area contributed by atoms with Crippen LogP contribution < -0.4 is 0 Å². The SMILES string of the molecule is C=CCS(C)(=O)=NC(=O)c1ccc(-c2noc(C(F)(F)F)n2)cc1. The van der Waals surface area contributed by atoms with Crippen molar-refractivity contribution >= 4 is 15.6 Å². The van der Waals surface area contributed by atoms with Crippen LogP contribution in [0.2, 0.25) is 0 Å². The number of carbonyl (C=O) groups is 1. The molecule has 0 aliphatic rings. The Morgan fingerprint density at radius 1 is 1.38 bits per heavy atom. The summed E-state index contributed by atoms with van der Waals surface area (Å²) in [4.78, 5) is 15.2. The molecule has 1 aromatic heterocycles. The van der Waals surface area contributed by atoms with Gasteiger partial charge in [0.05, 0.1) is 9.73 Å². The maximum Gasteiger partial charge on any atom is 0.471 e. The van der Waals surface area contributed by atoms with Gasteiger partial charge in [-0.1, -0.05) is 23.4 Å². The van der Waals surface area contributed by atoms with Gasteiger partial charge in [-0.05, 0) is 12.1 Å². The lowest BCUT2D eigenvalue weighted by Crippen LogP contribution is -2.05. The highest BCUT2D eigenvalue weighted by atomic mass is 32.2. The number of hydrogen-bond donors (Lipinski definition) is 0. The largest absolute Gasteiger partial charge is 0.471 e. The highest BCUT2D eigenvalue weighted by Gasteiger charge is 2.38. The third-order valence-corrected chi connectivity index (χ3v) is 4.17. The highest BCUT2D eigenvalue weighted by molar-refractivity contribution is 7.93. The van der Waals surface area contributed by atoms with E-state index in [2.05, 4.69) is 25.6 Å². The standard InChI is InChI=1S/C14H12F3N3O3S/c1-3-8-24(2,22)20-12(21)10-6-4-9(5-7-10)11-18-13(23-19-11)14(15,16)17/h3-7H,1,8H2,2H3. The minimum absolute atomic E-state index is 0.0693. The average molecular weight is 359 g/mol. The number of halogens is 3. The summed E-state index contributed by atoms with van der Waals surface area (Å²) >= 11 is 0. The summed E-state index contributed by atoms with van der Waals surface area (Å²) in [6, 6.07) is 5.35. The van der Waals surface area contributed by atoms with Crippen molar-refractivity contribution in [3.05, 3.63) is 48.4 Å². The Balaban J connectivity index is 2.25. The molecule has 1 atom stereocenters. The van der Waals surface area contributed by atoms with Crippen molar-refractivity contribution in [1.29, 1.82) is 0 Å². The number of carbonyl (C=O) groups excluding carboxylic acids is 1. The fourth-order valence-electron chi connectivity index (χ4n) is 1.70. The molecule has 2 aromatic rings. The van der Waals surface area contributed by atoms with Crippen molar-refractivity contribution in [3.8, 4) is 11.4 Å². The van der Waals surface area contributed by atoms with Gasteiger partial charge in [-0.2, -0.15) is 22.5 Å². The van der Waals surface area contributed by atoms with Crippen LogP contribution in [0.3, 0.4) is 0 Å². The van der Waals surface area contributed by atoms with Gasteiger partial charge in [0.15, 0.2) is 0 Å². The minimum atomic E-state index is -4.73. The number of rotatable bonds is 4. The van der Waals surface area contributed by atoms with Gasteiger partial charge in [-0.15, -0.1) is 6.58 Å². The zero-order valence-corrected chi connectivity index (χ0v) is 13.2. The van der Waals surface area contributed by atoms with Gasteiger partial charge in [0, 0.05) is 23.1 Å². The molecule has 0 spiro atoms. The Labute approximate surface area is 135 Å². The predicted molar refractivity (Wildman–Crippen MR) is 80.6 cm³/mol. The molecule has 0 N–H and O–H groups in total. The van der Waals surface area contributed by atoms with Crippen LogP contribution >= 0.6 is 0 Å². The molecule has 0 saturated carbocycles. The van der Waals surface area contributed by atoms with Crippen LogP contribution in [-0.4, -0.2) is 32.3 Å². The van der Waals surface area contributed by atoms with Gasteiger partial charge in [0.1, 0.15) is 0 Å². The van der Waals surface area contributed by atoms with E-state index >= 15 is 0 Å². The van der Waals surface area contributed by atoms with Gasteiger partial charge in [-0.3, -0.25) is 4.79 Å². The maximum atomic E-state index is 12.4. The van der Waals surface area contributed by atoms with Crippen molar-refractivity contribution in [1.82, 2.24) is 10.1 Å². The van der Waals surface area contributed by atoms with Crippen LogP contribution in [0.25, 0.3) is 11.4 Å². The molecule has 0 aliphatic heterocycles. The van der Waals surface area contributed by atoms with Crippen LogP contribution in [0.1, 0.15) is 16.2 Å². The lowest BCUT2D eigenvalue weighted by atomic mass is 10.1. The monoisotopic (exact) mass is 359 g/mol. The summed E-state index contributed by atoms with van der Waals surface area (Å²) in [5.41, 5.74) is 0.367. The summed E-state index contributed by atoms with van der Waals surface area (Å²) in [6.07, 6.45) is -2.00. The lowest BCUT2D eigenvalue weighted by Gasteiger charge is -2.01. The van der Waals surface area contributed by atoms with Crippen LogP contribution in [0.5, 0.6) is 0 Å². The maximum absolute atomic E-state index is 12.4. The molecular weight excluding hydrogens is 347 g/mol. The van der Waals surface area contributed by atoms with E-state index in [1.165, 1.54) is 36.6 Å². The van der Waals surface area contributed by atoms with Crippen LogP contribution in [0.4, 0.5) is 13.2 Å². The number of amides is 1. The molecule has 0 aliphatic carbocycles. The molecule has 1 unspecified atom stereocenters. The first-order chi connectivity index (χ1) is 11.1. The number of hydrogen-bond acceptors (Lipinski definition) is 5. The third-order valence-electron chi connectivity index (χ3n) is 2.76. The molecule has 2 rings (SSSR count). The smallest absolute Gasteiger partial charge is 0.329 e. The Bertz CT molecular complexity index is 879. The van der Waals surface area contributed by atoms with E-state index in [0.29, 0.717) is 0 Å². The third kappa shape index (κ3) is 4.28. The quantitative estimate of drug-likeness (QED) is 0.783. The van der Waals surface area contributed by atoms with Gasteiger partial charge >= 0.3 is 12.1 Å². The molecule has 0 fully saturated rings. The van der Waals surface area contributed by atoms with E-state index in [1.807, 2.05) is 0 Å². The zero-order valence-electron chi connectivity index (χ0n) is 12.4. The van der Waals surface area contributed by atoms with E-state index in [-0.39, 0.29) is 22.7 Å². The van der Waals surface area contributed by atoms with Gasteiger partial charge in [0.2, 0.25) is 5.82 Å². The summed E-state index contributed by atoms with van der Waals surface area (Å²) in [5.74, 6) is -2.34. The second-order valence-corrected chi connectivity index (χ2v) is 7.24. The highest BCUT2D eigenvalue weighted by Crippen LogP contribution is 2.29. The first-order valence-electron chi connectivity index (χ1n) is 6.49. The first kappa shape index (κ1) is 17.9. The predicted octanol–water partition coefficient (Wildman–Crippen LogP) is 3.18. The summed E-state index contributed by atoms with van der Waals surface area (Å²) in [7, 11) is -2.71. The first-order valence-corrected chi connectivity index (χ1v) is 8.58. The summed E-state index contributed by atoms with van der Waals surface area (Å²) < 4.78 is 57.0. The molecule has 24 heavy (non-hydrogen) atoms. The molecule has 128 valence electrons. The molecule has 10 heteroatoms. The number of benzene rings is 1. The van der Waals surface area contributed by atoms with Crippen molar-refractivity contribution in [2.75, 3.05) is 12.0 Å². The zero-order chi connectivity index (χ0) is 18.0. The van der Waals surface area contributed by atoms with Crippen molar-refractivity contribution < 1.29 is 26.7 Å². The van der Waals surface area contributed by atoms with E-state index in [1.54, 1.807) is 0 Å². The van der Waals surface area contributed by atoms with Gasteiger partial charge in [-0.25, -0.2) is 4.21 Å². The minimum Gasteiger partial charge on any atom is -0.329 e. The molecule has 6 nitrogen and oxygen atoms in total. The van der Waals surface area contributed by atoms with Crippen LogP contribution in [-0.2, 0) is 15.9 Å². The van der Waals surface area contributed by atoms with Gasteiger partial charge in [0.25, 0.3) is 5.91 Å². The number of alkyl halides is 3. The van der Waals surface area contributed by atoms with E-state index in [4.69, 9.17) is 0 Å². The molecule has 0 saturated heterocycles. The fourth-order valence-corrected chi connectivity index (χ4v) is 2.67. The van der Waals surface area contributed by atoms with Crippen LogP contribution in [0.15, 0.2) is 45.8 Å². The van der Waals surface area contributed by atoms with Crippen LogP contribution in [0, 0.1) is 0 Å². The van der Waals surface area contributed by atoms with Crippen molar-refractivity contribution in [3.63, 3.8) is 0 Å². The Morgan fingerprint density at radius 3 is 2.50 bits per heavy atom. The molecule has 1 amide bonds. The second-order valence-electron chi connectivity index (χ2n) is 4.81. The topological polar surface area (TPSA) is 85.4 Å². The van der Waals surface area contributed by atoms with Crippen molar-refractivity contribution in [2.24, 2.45) is 4.36 Å². The van der Waals surface area contributed by atoms with E-state index < -0.39 is 27.7 Å². The lowest BCUT2D eigenvalue weighted by molar-refractivity contribution is -0.159. The molecule has 0 radical (unpaired) electrons. The summed E-state index contributed by atoms with van der Waals surface area (Å²) in [5, 5.41) is 3.24. The normalized spacial score (nSPS) is 14.0. The molecule has 1 heterocycles.